The number of halogens is 2. The van der Waals surface area contributed by atoms with Crippen LogP contribution in [0.2, 0.25) is 0 Å². The summed E-state index contributed by atoms with van der Waals surface area (Å²) in [5.74, 6) is 0.878. The van der Waals surface area contributed by atoms with Gasteiger partial charge in [0.2, 0.25) is 0 Å². The van der Waals surface area contributed by atoms with Crippen molar-refractivity contribution in [1.29, 1.82) is 5.26 Å². The lowest BCUT2D eigenvalue weighted by atomic mass is 10.1. The first-order valence-corrected chi connectivity index (χ1v) is 9.54. The minimum absolute atomic E-state index is 0.000296. The zero-order valence-electron chi connectivity index (χ0n) is 14.2. The Labute approximate surface area is 174 Å². The number of amides is 1. The van der Waals surface area contributed by atoms with Gasteiger partial charge in [0.05, 0.1) is 21.8 Å². The number of nitrogens with one attached hydrogen (secondary N) is 1. The van der Waals surface area contributed by atoms with Gasteiger partial charge in [-0.3, -0.25) is 4.79 Å². The summed E-state index contributed by atoms with van der Waals surface area (Å²) in [6, 6.07) is 12.6. The minimum Gasteiger partial charge on any atom is -0.494 e. The highest BCUT2D eigenvalue weighted by molar-refractivity contribution is 14.1. The Kier molecular flexibility index (Phi) is 7.48. The molecular formula is C19H16BrIN2O3. The van der Waals surface area contributed by atoms with Crippen LogP contribution in [0.1, 0.15) is 12.5 Å². The lowest BCUT2D eigenvalue weighted by Gasteiger charge is -2.09. The molecule has 1 N–H and O–H groups in total. The third-order valence-electron chi connectivity index (χ3n) is 3.30. The van der Waals surface area contributed by atoms with Gasteiger partial charge in [-0.15, -0.1) is 0 Å². The monoisotopic (exact) mass is 526 g/mol. The molecule has 0 aliphatic carbocycles. The van der Waals surface area contributed by atoms with Crippen LogP contribution in [0.4, 0.5) is 5.69 Å². The molecule has 0 aliphatic heterocycles. The number of carbonyl (C=O) groups is 1. The first-order chi connectivity index (χ1) is 12.5. The van der Waals surface area contributed by atoms with Crippen molar-refractivity contribution in [1.82, 2.24) is 0 Å². The molecule has 0 saturated carbocycles. The fraction of sp³-hybridized carbons (Fsp3) is 0.158. The fourth-order valence-corrected chi connectivity index (χ4v) is 4.08. The van der Waals surface area contributed by atoms with Crippen molar-refractivity contribution >= 4 is 56.2 Å². The van der Waals surface area contributed by atoms with E-state index in [1.165, 1.54) is 6.08 Å². The van der Waals surface area contributed by atoms with E-state index in [2.05, 4.69) is 43.8 Å². The third kappa shape index (κ3) is 5.22. The fourth-order valence-electron chi connectivity index (χ4n) is 2.20. The van der Waals surface area contributed by atoms with E-state index in [0.29, 0.717) is 23.8 Å². The Morgan fingerprint density at radius 1 is 1.38 bits per heavy atom. The Morgan fingerprint density at radius 3 is 2.77 bits per heavy atom. The van der Waals surface area contributed by atoms with E-state index in [4.69, 9.17) is 9.47 Å². The van der Waals surface area contributed by atoms with E-state index >= 15 is 0 Å². The summed E-state index contributed by atoms with van der Waals surface area (Å²) in [6.45, 7) is 2.42. The molecule has 0 radical (unpaired) electrons. The smallest absolute Gasteiger partial charge is 0.266 e. The summed E-state index contributed by atoms with van der Waals surface area (Å²) in [5.41, 5.74) is 1.28. The second-order valence-corrected chi connectivity index (χ2v) is 7.12. The summed E-state index contributed by atoms with van der Waals surface area (Å²) in [5, 5.41) is 12.1. The Morgan fingerprint density at radius 2 is 2.15 bits per heavy atom. The molecule has 2 rings (SSSR count). The number of ether oxygens (including phenoxy) is 2. The molecule has 0 heterocycles. The lowest BCUT2D eigenvalue weighted by Crippen LogP contribution is -2.13. The summed E-state index contributed by atoms with van der Waals surface area (Å²) in [7, 11) is 1.59. The molecule has 0 aromatic heterocycles. The van der Waals surface area contributed by atoms with Crippen molar-refractivity contribution in [2.24, 2.45) is 0 Å². The van der Waals surface area contributed by atoms with E-state index < -0.39 is 5.91 Å². The van der Waals surface area contributed by atoms with Crippen LogP contribution in [0.3, 0.4) is 0 Å². The molecule has 5 nitrogen and oxygen atoms in total. The molecule has 0 bridgehead atoms. The largest absolute Gasteiger partial charge is 0.494 e. The molecule has 2 aromatic rings. The van der Waals surface area contributed by atoms with Crippen LogP contribution in [0.5, 0.6) is 11.5 Å². The van der Waals surface area contributed by atoms with E-state index in [-0.39, 0.29) is 5.57 Å². The molecule has 0 aliphatic rings. The van der Waals surface area contributed by atoms with Crippen LogP contribution in [0, 0.1) is 14.9 Å². The molecule has 0 atom stereocenters. The highest BCUT2D eigenvalue weighted by atomic mass is 127. The number of methoxy groups -OCH3 is 1. The van der Waals surface area contributed by atoms with Gasteiger partial charge in [-0.05, 0) is 81.3 Å². The third-order valence-corrected chi connectivity index (χ3v) is 4.69. The average molecular weight is 527 g/mol. The van der Waals surface area contributed by atoms with Crippen LogP contribution in [0.15, 0.2) is 46.4 Å². The van der Waals surface area contributed by atoms with Crippen molar-refractivity contribution in [2.45, 2.75) is 6.92 Å². The van der Waals surface area contributed by atoms with Gasteiger partial charge in [-0.1, -0.05) is 6.07 Å². The SMILES string of the molecule is CCOc1cccc(NC(=O)/C(C#N)=C\c2cc(Br)c(OC)c(I)c2)c1. The van der Waals surface area contributed by atoms with Gasteiger partial charge < -0.3 is 14.8 Å². The van der Waals surface area contributed by atoms with Crippen molar-refractivity contribution in [3.63, 3.8) is 0 Å². The Hall–Kier alpha value is -2.05. The van der Waals surface area contributed by atoms with Gasteiger partial charge in [-0.25, -0.2) is 0 Å². The molecule has 2 aromatic carbocycles. The minimum atomic E-state index is -0.483. The summed E-state index contributed by atoms with van der Waals surface area (Å²) in [4.78, 5) is 12.4. The molecule has 1 amide bonds. The van der Waals surface area contributed by atoms with Crippen LogP contribution >= 0.6 is 38.5 Å². The quantitative estimate of drug-likeness (QED) is 0.326. The second kappa shape index (κ2) is 9.59. The summed E-state index contributed by atoms with van der Waals surface area (Å²) < 4.78 is 12.3. The number of carbonyl (C=O) groups excluding carboxylic acids is 1. The van der Waals surface area contributed by atoms with E-state index in [1.54, 1.807) is 37.4 Å². The second-order valence-electron chi connectivity index (χ2n) is 5.10. The van der Waals surface area contributed by atoms with Gasteiger partial charge in [0.15, 0.2) is 0 Å². The maximum Gasteiger partial charge on any atom is 0.266 e. The van der Waals surface area contributed by atoms with Crippen LogP contribution in [-0.4, -0.2) is 19.6 Å². The number of benzene rings is 2. The molecule has 0 fully saturated rings. The molecular weight excluding hydrogens is 511 g/mol. The van der Waals surface area contributed by atoms with Crippen LogP contribution in [-0.2, 0) is 4.79 Å². The summed E-state index contributed by atoms with van der Waals surface area (Å²) >= 11 is 5.56. The maximum atomic E-state index is 12.4. The van der Waals surface area contributed by atoms with E-state index in [0.717, 1.165) is 13.6 Å². The van der Waals surface area contributed by atoms with Crippen molar-refractivity contribution in [3.8, 4) is 17.6 Å². The van der Waals surface area contributed by atoms with Crippen molar-refractivity contribution in [2.75, 3.05) is 19.0 Å². The molecule has 7 heteroatoms. The topological polar surface area (TPSA) is 71.3 Å². The normalized spacial score (nSPS) is 10.8. The van der Waals surface area contributed by atoms with Crippen LogP contribution < -0.4 is 14.8 Å². The maximum absolute atomic E-state index is 12.4. The molecule has 0 unspecified atom stereocenters. The van der Waals surface area contributed by atoms with E-state index in [1.807, 2.05) is 19.1 Å². The van der Waals surface area contributed by atoms with Gasteiger partial charge in [0, 0.05) is 11.8 Å². The first kappa shape index (κ1) is 20.3. The Balaban J connectivity index is 2.25. The van der Waals surface area contributed by atoms with Gasteiger partial charge >= 0.3 is 0 Å². The summed E-state index contributed by atoms with van der Waals surface area (Å²) in [6.07, 6.45) is 1.54. The predicted octanol–water partition coefficient (Wildman–Crippen LogP) is 5.01. The number of nitrogens with zero attached hydrogens (tertiary/aromatic N) is 1. The average Bonchev–Trinajstić information content (AvgIpc) is 2.60. The zero-order chi connectivity index (χ0) is 19.1. The number of hydrogen-bond acceptors (Lipinski definition) is 4. The molecule has 26 heavy (non-hydrogen) atoms. The lowest BCUT2D eigenvalue weighted by molar-refractivity contribution is -0.112. The number of anilines is 1. The zero-order valence-corrected chi connectivity index (χ0v) is 17.9. The number of nitriles is 1. The van der Waals surface area contributed by atoms with Gasteiger partial charge in [-0.2, -0.15) is 5.26 Å². The van der Waals surface area contributed by atoms with E-state index in [9.17, 15) is 10.1 Å². The Bertz CT molecular complexity index is 868. The number of rotatable bonds is 6. The molecule has 0 saturated heterocycles. The van der Waals surface area contributed by atoms with Crippen LogP contribution in [0.25, 0.3) is 6.08 Å². The molecule has 134 valence electrons. The van der Waals surface area contributed by atoms with Gasteiger partial charge in [0.1, 0.15) is 23.1 Å². The standard InChI is InChI=1S/C19H16BrIN2O3/c1-3-26-15-6-4-5-14(10-15)23-19(24)13(11-22)7-12-8-16(20)18(25-2)17(21)9-12/h4-10H,3H2,1-2H3,(H,23,24)/b13-7-. The van der Waals surface area contributed by atoms with Crippen molar-refractivity contribution < 1.29 is 14.3 Å². The predicted molar refractivity (Wildman–Crippen MR) is 113 cm³/mol. The van der Waals surface area contributed by atoms with Gasteiger partial charge in [0.25, 0.3) is 5.91 Å². The number of hydrogen-bond donors (Lipinski definition) is 1. The van der Waals surface area contributed by atoms with Crippen molar-refractivity contribution in [3.05, 3.63) is 55.6 Å². The first-order valence-electron chi connectivity index (χ1n) is 7.67. The highest BCUT2D eigenvalue weighted by Crippen LogP contribution is 2.32. The molecule has 0 spiro atoms. The highest BCUT2D eigenvalue weighted by Gasteiger charge is 2.12.